The molecule has 0 unspecified atom stereocenters. The zero-order chi connectivity index (χ0) is 14.2. The summed E-state index contributed by atoms with van der Waals surface area (Å²) >= 11 is 0. The Labute approximate surface area is 122 Å². The van der Waals surface area contributed by atoms with Gasteiger partial charge in [0.1, 0.15) is 0 Å². The van der Waals surface area contributed by atoms with E-state index in [9.17, 15) is 0 Å². The fraction of sp³-hybridized carbons (Fsp3) is 0.647. The first-order valence-electron chi connectivity index (χ1n) is 7.85. The minimum Gasteiger partial charge on any atom is -0.353 e. The molecule has 1 aliphatic heterocycles. The molecule has 0 bridgehead atoms. The van der Waals surface area contributed by atoms with Crippen molar-refractivity contribution in [3.8, 4) is 0 Å². The lowest BCUT2D eigenvalue weighted by Gasteiger charge is -2.23. The van der Waals surface area contributed by atoms with Gasteiger partial charge >= 0.3 is 0 Å². The molecule has 0 amide bonds. The Morgan fingerprint density at radius 1 is 1.00 bits per heavy atom. The molecule has 3 nitrogen and oxygen atoms in total. The third-order valence-electron chi connectivity index (χ3n) is 3.90. The highest BCUT2D eigenvalue weighted by Gasteiger charge is 2.15. The SMILES string of the molecule is CCOC(CCN1CCc2ccccc2CC1)OCC. The van der Waals surface area contributed by atoms with Crippen molar-refractivity contribution >= 4 is 0 Å². The molecule has 0 saturated heterocycles. The molecule has 0 aromatic heterocycles. The molecule has 0 spiro atoms. The summed E-state index contributed by atoms with van der Waals surface area (Å²) in [7, 11) is 0. The van der Waals surface area contributed by atoms with Gasteiger partial charge in [0, 0.05) is 39.3 Å². The maximum Gasteiger partial charge on any atom is 0.158 e. The van der Waals surface area contributed by atoms with Crippen LogP contribution >= 0.6 is 0 Å². The minimum atomic E-state index is -0.0457. The second-order valence-corrected chi connectivity index (χ2v) is 5.24. The highest BCUT2D eigenvalue weighted by molar-refractivity contribution is 5.28. The van der Waals surface area contributed by atoms with Crippen LogP contribution in [0.1, 0.15) is 31.4 Å². The molecule has 1 aromatic carbocycles. The number of ether oxygens (including phenoxy) is 2. The van der Waals surface area contributed by atoms with Crippen molar-refractivity contribution in [2.75, 3.05) is 32.8 Å². The average Bonchev–Trinajstić information content (AvgIpc) is 2.68. The Hall–Kier alpha value is -0.900. The number of nitrogens with zero attached hydrogens (tertiary/aromatic N) is 1. The largest absolute Gasteiger partial charge is 0.353 e. The van der Waals surface area contributed by atoms with Crippen molar-refractivity contribution in [3.63, 3.8) is 0 Å². The molecule has 0 atom stereocenters. The molecular weight excluding hydrogens is 250 g/mol. The van der Waals surface area contributed by atoms with E-state index < -0.39 is 0 Å². The summed E-state index contributed by atoms with van der Waals surface area (Å²) in [5.41, 5.74) is 3.03. The summed E-state index contributed by atoms with van der Waals surface area (Å²) in [4.78, 5) is 2.53. The van der Waals surface area contributed by atoms with Gasteiger partial charge in [-0.05, 0) is 37.8 Å². The van der Waals surface area contributed by atoms with Gasteiger partial charge in [0.25, 0.3) is 0 Å². The summed E-state index contributed by atoms with van der Waals surface area (Å²) in [6, 6.07) is 8.83. The molecule has 0 radical (unpaired) electrons. The van der Waals surface area contributed by atoms with E-state index in [-0.39, 0.29) is 6.29 Å². The quantitative estimate of drug-likeness (QED) is 0.715. The number of fused-ring (bicyclic) bond motifs is 1. The second-order valence-electron chi connectivity index (χ2n) is 5.24. The number of rotatable bonds is 7. The fourth-order valence-electron chi connectivity index (χ4n) is 2.81. The summed E-state index contributed by atoms with van der Waals surface area (Å²) in [6.07, 6.45) is 3.22. The average molecular weight is 277 g/mol. The number of benzene rings is 1. The van der Waals surface area contributed by atoms with Crippen LogP contribution in [0.5, 0.6) is 0 Å². The van der Waals surface area contributed by atoms with Crippen molar-refractivity contribution < 1.29 is 9.47 Å². The van der Waals surface area contributed by atoms with Crippen LogP contribution in [0.15, 0.2) is 24.3 Å². The maximum atomic E-state index is 5.62. The molecular formula is C17H27NO2. The molecule has 2 rings (SSSR count). The third-order valence-corrected chi connectivity index (χ3v) is 3.90. The van der Waals surface area contributed by atoms with E-state index in [4.69, 9.17) is 9.47 Å². The summed E-state index contributed by atoms with van der Waals surface area (Å²) < 4.78 is 11.2. The van der Waals surface area contributed by atoms with Gasteiger partial charge in [-0.15, -0.1) is 0 Å². The summed E-state index contributed by atoms with van der Waals surface area (Å²) in [5.74, 6) is 0. The first-order valence-corrected chi connectivity index (χ1v) is 7.85. The number of hydrogen-bond donors (Lipinski definition) is 0. The Morgan fingerprint density at radius 3 is 2.05 bits per heavy atom. The smallest absolute Gasteiger partial charge is 0.158 e. The van der Waals surface area contributed by atoms with Crippen LogP contribution in [0.3, 0.4) is 0 Å². The lowest BCUT2D eigenvalue weighted by Crippen LogP contribution is -2.31. The van der Waals surface area contributed by atoms with Crippen molar-refractivity contribution in [3.05, 3.63) is 35.4 Å². The molecule has 0 fully saturated rings. The Balaban J connectivity index is 1.80. The van der Waals surface area contributed by atoms with Gasteiger partial charge < -0.3 is 14.4 Å². The monoisotopic (exact) mass is 277 g/mol. The highest BCUT2D eigenvalue weighted by atomic mass is 16.7. The van der Waals surface area contributed by atoms with Crippen molar-refractivity contribution in [1.82, 2.24) is 4.90 Å². The van der Waals surface area contributed by atoms with E-state index in [1.54, 1.807) is 0 Å². The lowest BCUT2D eigenvalue weighted by molar-refractivity contribution is -0.141. The van der Waals surface area contributed by atoms with Crippen molar-refractivity contribution in [2.45, 2.75) is 39.4 Å². The van der Waals surface area contributed by atoms with E-state index in [1.807, 2.05) is 13.8 Å². The normalized spacial score (nSPS) is 16.1. The van der Waals surface area contributed by atoms with Gasteiger partial charge in [0.2, 0.25) is 0 Å². The van der Waals surface area contributed by atoms with Crippen LogP contribution < -0.4 is 0 Å². The van der Waals surface area contributed by atoms with Crippen LogP contribution in [-0.4, -0.2) is 44.0 Å². The third kappa shape index (κ3) is 4.58. The van der Waals surface area contributed by atoms with Gasteiger partial charge in [0.15, 0.2) is 6.29 Å². The predicted octanol–water partition coefficient (Wildman–Crippen LogP) is 2.88. The van der Waals surface area contributed by atoms with E-state index >= 15 is 0 Å². The van der Waals surface area contributed by atoms with Gasteiger partial charge in [-0.3, -0.25) is 0 Å². The molecule has 1 aromatic rings. The number of hydrogen-bond acceptors (Lipinski definition) is 3. The molecule has 0 saturated carbocycles. The van der Waals surface area contributed by atoms with Crippen LogP contribution in [0, 0.1) is 0 Å². The summed E-state index contributed by atoms with van der Waals surface area (Å²) in [6.45, 7) is 8.82. The van der Waals surface area contributed by atoms with Crippen molar-refractivity contribution in [2.24, 2.45) is 0 Å². The van der Waals surface area contributed by atoms with E-state index in [2.05, 4.69) is 29.2 Å². The topological polar surface area (TPSA) is 21.7 Å². The summed E-state index contributed by atoms with van der Waals surface area (Å²) in [5, 5.41) is 0. The zero-order valence-electron chi connectivity index (χ0n) is 12.8. The molecule has 1 heterocycles. The van der Waals surface area contributed by atoms with E-state index in [0.717, 1.165) is 52.1 Å². The molecule has 20 heavy (non-hydrogen) atoms. The van der Waals surface area contributed by atoms with Gasteiger partial charge in [0.05, 0.1) is 0 Å². The Kier molecular flexibility index (Phi) is 6.51. The molecule has 3 heteroatoms. The minimum absolute atomic E-state index is 0.0457. The van der Waals surface area contributed by atoms with Gasteiger partial charge in [-0.25, -0.2) is 0 Å². The molecule has 0 N–H and O–H groups in total. The van der Waals surface area contributed by atoms with E-state index in [0.29, 0.717) is 0 Å². The first kappa shape index (κ1) is 15.5. The van der Waals surface area contributed by atoms with Gasteiger partial charge in [-0.1, -0.05) is 24.3 Å². The maximum absolute atomic E-state index is 5.62. The predicted molar refractivity (Wildman–Crippen MR) is 81.9 cm³/mol. The fourth-order valence-corrected chi connectivity index (χ4v) is 2.81. The van der Waals surface area contributed by atoms with Crippen molar-refractivity contribution in [1.29, 1.82) is 0 Å². The van der Waals surface area contributed by atoms with E-state index in [1.165, 1.54) is 11.1 Å². The Morgan fingerprint density at radius 2 is 1.55 bits per heavy atom. The van der Waals surface area contributed by atoms with Crippen LogP contribution in [0.4, 0.5) is 0 Å². The van der Waals surface area contributed by atoms with Crippen LogP contribution in [-0.2, 0) is 22.3 Å². The highest BCUT2D eigenvalue weighted by Crippen LogP contribution is 2.16. The first-order chi connectivity index (χ1) is 9.83. The van der Waals surface area contributed by atoms with Crippen LogP contribution in [0.2, 0.25) is 0 Å². The lowest BCUT2D eigenvalue weighted by atomic mass is 10.0. The standard InChI is InChI=1S/C17H27NO2/c1-3-19-17(20-4-2)11-14-18-12-9-15-7-5-6-8-16(15)10-13-18/h5-8,17H,3-4,9-14H2,1-2H3. The molecule has 112 valence electrons. The Bertz CT molecular complexity index is 361. The molecule has 0 aliphatic carbocycles. The zero-order valence-corrected chi connectivity index (χ0v) is 12.8. The van der Waals surface area contributed by atoms with Crippen LogP contribution in [0.25, 0.3) is 0 Å². The molecule has 1 aliphatic rings. The second kappa shape index (κ2) is 8.40. The van der Waals surface area contributed by atoms with Gasteiger partial charge in [-0.2, -0.15) is 0 Å².